The van der Waals surface area contributed by atoms with Crippen LogP contribution in [-0.4, -0.2) is 93.3 Å². The highest BCUT2D eigenvalue weighted by Gasteiger charge is 2.25. The SMILES string of the molecule is CCc1nc2c(cnn2CC)c(NC2CCOCC2)c1CN(Cc1ccc(F)c(-c2cccc(CN3CCN(CC)CC3)c2)c1)C(=O)CCCC(N)=O. The fourth-order valence-electron chi connectivity index (χ4n) is 7.55. The molecule has 0 bridgehead atoms. The topological polar surface area (TPSA) is 122 Å². The number of primary amides is 1. The van der Waals surface area contributed by atoms with Gasteiger partial charge in [-0.1, -0.05) is 38.1 Å². The fourth-order valence-corrected chi connectivity index (χ4v) is 7.55. The third-order valence-electron chi connectivity index (χ3n) is 10.7. The van der Waals surface area contributed by atoms with E-state index in [1.165, 1.54) is 6.07 Å². The molecule has 2 aromatic heterocycles. The third kappa shape index (κ3) is 9.59. The molecule has 3 N–H and O–H groups in total. The molecule has 53 heavy (non-hydrogen) atoms. The summed E-state index contributed by atoms with van der Waals surface area (Å²) in [7, 11) is 0. The molecule has 0 unspecified atom stereocenters. The van der Waals surface area contributed by atoms with Crippen LogP contribution in [0.2, 0.25) is 0 Å². The van der Waals surface area contributed by atoms with Gasteiger partial charge in [0.2, 0.25) is 11.8 Å². The zero-order valence-corrected chi connectivity index (χ0v) is 31.6. The Labute approximate surface area is 312 Å². The van der Waals surface area contributed by atoms with Crippen LogP contribution < -0.4 is 11.1 Å². The van der Waals surface area contributed by atoms with E-state index < -0.39 is 5.91 Å². The number of benzene rings is 2. The van der Waals surface area contributed by atoms with E-state index in [0.717, 1.165) is 96.8 Å². The van der Waals surface area contributed by atoms with Gasteiger partial charge in [0.25, 0.3) is 0 Å². The normalized spacial score (nSPS) is 15.9. The van der Waals surface area contributed by atoms with Crippen LogP contribution in [0.4, 0.5) is 10.1 Å². The first-order valence-corrected chi connectivity index (χ1v) is 19.4. The van der Waals surface area contributed by atoms with Crippen molar-refractivity contribution in [2.75, 3.05) is 51.3 Å². The maximum absolute atomic E-state index is 15.6. The number of halogens is 1. The van der Waals surface area contributed by atoms with E-state index in [2.05, 4.69) is 46.2 Å². The van der Waals surface area contributed by atoms with Crippen LogP contribution >= 0.6 is 0 Å². The second kappa shape index (κ2) is 18.1. The number of carbonyl (C=O) groups excluding carboxylic acids is 2. The number of nitrogens with two attached hydrogens (primary N) is 1. The van der Waals surface area contributed by atoms with Crippen LogP contribution in [0, 0.1) is 5.82 Å². The van der Waals surface area contributed by atoms with Crippen LogP contribution in [0.15, 0.2) is 48.7 Å². The predicted molar refractivity (Wildman–Crippen MR) is 207 cm³/mol. The van der Waals surface area contributed by atoms with Gasteiger partial charge in [0.15, 0.2) is 5.65 Å². The molecule has 2 saturated heterocycles. The minimum atomic E-state index is -0.434. The molecule has 12 heteroatoms. The highest BCUT2D eigenvalue weighted by molar-refractivity contribution is 5.92. The third-order valence-corrected chi connectivity index (χ3v) is 10.7. The second-order valence-electron chi connectivity index (χ2n) is 14.3. The summed E-state index contributed by atoms with van der Waals surface area (Å²) in [4.78, 5) is 37.5. The number of nitrogens with one attached hydrogen (secondary N) is 1. The van der Waals surface area contributed by atoms with Gasteiger partial charge in [-0.15, -0.1) is 0 Å². The molecule has 4 aromatic rings. The monoisotopic (exact) mass is 726 g/mol. The number of anilines is 1. The molecule has 2 fully saturated rings. The molecule has 2 aliphatic heterocycles. The molecular weight excluding hydrogens is 672 g/mol. The van der Waals surface area contributed by atoms with E-state index in [-0.39, 0.29) is 43.7 Å². The Morgan fingerprint density at radius 1 is 0.962 bits per heavy atom. The van der Waals surface area contributed by atoms with Crippen molar-refractivity contribution in [3.63, 3.8) is 0 Å². The van der Waals surface area contributed by atoms with Crippen molar-refractivity contribution >= 4 is 28.5 Å². The Morgan fingerprint density at radius 3 is 2.45 bits per heavy atom. The van der Waals surface area contributed by atoms with Gasteiger partial charge in [-0.25, -0.2) is 14.1 Å². The standard InChI is InChI=1S/C41H55FN8O3/c1-4-37-35(40(45-32-15-21-53-22-16-32)34-25-44-50(6-3)41(34)46-37)28-49(39(52)12-8-11-38(43)51)27-30-13-14-36(42)33(24-30)31-10-7-9-29(23-31)26-48-19-17-47(5-2)18-20-48/h7,9-10,13-14,23-25,32H,4-6,8,11-12,15-22,26-28H2,1-3H3,(H2,43,51)(H,45,46). The molecule has 0 spiro atoms. The fraction of sp³-hybridized carbons (Fsp3) is 0.512. The van der Waals surface area contributed by atoms with Gasteiger partial charge in [-0.05, 0) is 74.0 Å². The summed E-state index contributed by atoms with van der Waals surface area (Å²) < 4.78 is 23.1. The zero-order valence-electron chi connectivity index (χ0n) is 31.6. The number of nitrogens with zero attached hydrogens (tertiary/aromatic N) is 6. The maximum Gasteiger partial charge on any atom is 0.223 e. The number of hydrogen-bond acceptors (Lipinski definition) is 8. The Morgan fingerprint density at radius 2 is 1.74 bits per heavy atom. The van der Waals surface area contributed by atoms with Crippen molar-refractivity contribution in [1.82, 2.24) is 29.5 Å². The molecule has 0 radical (unpaired) electrons. The number of pyridine rings is 1. The van der Waals surface area contributed by atoms with Gasteiger partial charge < -0.3 is 25.6 Å². The Bertz CT molecular complexity index is 1870. The average Bonchev–Trinajstić information content (AvgIpc) is 3.59. The number of likely N-dealkylation sites (N-methyl/N-ethyl adjacent to an activating group) is 1. The molecule has 4 heterocycles. The minimum absolute atomic E-state index is 0.106. The average molecular weight is 727 g/mol. The number of rotatable bonds is 16. The lowest BCUT2D eigenvalue weighted by molar-refractivity contribution is -0.132. The summed E-state index contributed by atoms with van der Waals surface area (Å²) in [5.74, 6) is -0.844. The molecular formula is C41H55FN8O3. The van der Waals surface area contributed by atoms with Gasteiger partial charge in [0.05, 0.1) is 17.3 Å². The number of aryl methyl sites for hydroxylation is 2. The lowest BCUT2D eigenvalue weighted by Gasteiger charge is -2.34. The number of hydrogen-bond donors (Lipinski definition) is 2. The summed E-state index contributed by atoms with van der Waals surface area (Å²) in [5.41, 5.74) is 12.3. The van der Waals surface area contributed by atoms with Crippen molar-refractivity contribution in [3.8, 4) is 11.1 Å². The molecule has 11 nitrogen and oxygen atoms in total. The lowest BCUT2D eigenvalue weighted by Crippen LogP contribution is -2.45. The molecule has 2 aliphatic rings. The van der Waals surface area contributed by atoms with Crippen LogP contribution in [0.25, 0.3) is 22.2 Å². The lowest BCUT2D eigenvalue weighted by atomic mass is 9.99. The van der Waals surface area contributed by atoms with Gasteiger partial charge in [-0.2, -0.15) is 5.10 Å². The minimum Gasteiger partial charge on any atom is -0.381 e. The summed E-state index contributed by atoms with van der Waals surface area (Å²) in [6, 6.07) is 13.5. The van der Waals surface area contributed by atoms with Gasteiger partial charge in [0.1, 0.15) is 5.82 Å². The van der Waals surface area contributed by atoms with Crippen LogP contribution in [0.3, 0.4) is 0 Å². The van der Waals surface area contributed by atoms with Crippen LogP contribution in [-0.2, 0) is 46.9 Å². The highest BCUT2D eigenvalue weighted by Crippen LogP contribution is 2.33. The molecule has 2 amide bonds. The van der Waals surface area contributed by atoms with Crippen molar-refractivity contribution in [3.05, 3.63) is 76.9 Å². The van der Waals surface area contributed by atoms with E-state index in [1.54, 1.807) is 6.07 Å². The summed E-state index contributed by atoms with van der Waals surface area (Å²) in [6.45, 7) is 15.0. The number of ether oxygens (including phenoxy) is 1. The first-order chi connectivity index (χ1) is 25.8. The maximum atomic E-state index is 15.6. The van der Waals surface area contributed by atoms with Gasteiger partial charge in [0, 0.05) is 101 Å². The van der Waals surface area contributed by atoms with Crippen molar-refractivity contribution in [2.45, 2.75) is 91.5 Å². The molecule has 284 valence electrons. The first-order valence-electron chi connectivity index (χ1n) is 19.4. The Hall–Kier alpha value is -4.39. The smallest absolute Gasteiger partial charge is 0.223 e. The highest BCUT2D eigenvalue weighted by atomic mass is 19.1. The molecule has 2 aromatic carbocycles. The van der Waals surface area contributed by atoms with E-state index in [4.69, 9.17) is 15.5 Å². The predicted octanol–water partition coefficient (Wildman–Crippen LogP) is 5.73. The van der Waals surface area contributed by atoms with Crippen molar-refractivity contribution < 1.29 is 18.7 Å². The second-order valence-corrected chi connectivity index (χ2v) is 14.3. The molecule has 6 rings (SSSR count). The van der Waals surface area contributed by atoms with E-state index in [9.17, 15) is 9.59 Å². The number of carbonyl (C=O) groups is 2. The Balaban J connectivity index is 1.31. The summed E-state index contributed by atoms with van der Waals surface area (Å²) >= 11 is 0. The van der Waals surface area contributed by atoms with E-state index in [0.29, 0.717) is 38.2 Å². The summed E-state index contributed by atoms with van der Waals surface area (Å²) in [5, 5.41) is 9.38. The van der Waals surface area contributed by atoms with E-state index in [1.807, 2.05) is 40.9 Å². The quantitative estimate of drug-likeness (QED) is 0.150. The van der Waals surface area contributed by atoms with Gasteiger partial charge in [-0.3, -0.25) is 14.5 Å². The molecule has 0 aliphatic carbocycles. The molecule has 0 atom stereocenters. The van der Waals surface area contributed by atoms with Crippen molar-refractivity contribution in [1.29, 1.82) is 0 Å². The number of fused-ring (bicyclic) bond motifs is 1. The largest absolute Gasteiger partial charge is 0.381 e. The zero-order chi connectivity index (χ0) is 37.3. The molecule has 0 saturated carbocycles. The van der Waals surface area contributed by atoms with Gasteiger partial charge >= 0.3 is 0 Å². The number of amides is 2. The van der Waals surface area contributed by atoms with Crippen molar-refractivity contribution in [2.24, 2.45) is 5.73 Å². The van der Waals surface area contributed by atoms with Crippen LogP contribution in [0.1, 0.15) is 75.3 Å². The van der Waals surface area contributed by atoms with E-state index >= 15 is 4.39 Å². The van der Waals surface area contributed by atoms with Crippen LogP contribution in [0.5, 0.6) is 0 Å². The number of aromatic nitrogens is 3. The summed E-state index contributed by atoms with van der Waals surface area (Å²) in [6.07, 6.45) is 4.92. The number of piperazine rings is 1. The first kappa shape index (κ1) is 38.3. The Kier molecular flexibility index (Phi) is 13.1.